The maximum atomic E-state index is 13.2. The Bertz CT molecular complexity index is 1170. The lowest BCUT2D eigenvalue weighted by Gasteiger charge is -2.43. The van der Waals surface area contributed by atoms with Crippen molar-refractivity contribution in [3.05, 3.63) is 59.7 Å². The summed E-state index contributed by atoms with van der Waals surface area (Å²) in [5.41, 5.74) is -0.902. The van der Waals surface area contributed by atoms with Gasteiger partial charge in [0.15, 0.2) is 0 Å². The van der Waals surface area contributed by atoms with Crippen molar-refractivity contribution >= 4 is 21.9 Å². The summed E-state index contributed by atoms with van der Waals surface area (Å²) < 4.78 is 72.0. The van der Waals surface area contributed by atoms with Crippen LogP contribution >= 0.6 is 0 Å². The standard InChI is InChI=1S/C22H23F3N2O6S/c1-14-20(21(29)30)27(12-11-26(14)15(2)28)34(31,32)18-9-7-17(8-10-18)33-13-16-5-3-4-6-19(16)22(23,24)25/h3-10,14,20H,11-13H2,1-2H3,(H,29,30). The second-order valence-electron chi connectivity index (χ2n) is 7.77. The number of amides is 1. The molecule has 8 nitrogen and oxygen atoms in total. The topological polar surface area (TPSA) is 104 Å². The molecule has 34 heavy (non-hydrogen) atoms. The number of sulfonamides is 1. The van der Waals surface area contributed by atoms with Crippen LogP contribution in [-0.2, 0) is 32.4 Å². The Morgan fingerprint density at radius 1 is 1.09 bits per heavy atom. The van der Waals surface area contributed by atoms with Gasteiger partial charge in [0.1, 0.15) is 18.4 Å². The van der Waals surface area contributed by atoms with Crippen molar-refractivity contribution in [3.63, 3.8) is 0 Å². The number of benzene rings is 2. The van der Waals surface area contributed by atoms with Gasteiger partial charge in [-0.05, 0) is 37.3 Å². The molecule has 1 saturated heterocycles. The number of rotatable bonds is 6. The zero-order valence-electron chi connectivity index (χ0n) is 18.3. The summed E-state index contributed by atoms with van der Waals surface area (Å²) in [7, 11) is -4.24. The average Bonchev–Trinajstić information content (AvgIpc) is 2.76. The van der Waals surface area contributed by atoms with Crippen LogP contribution in [0.1, 0.15) is 25.0 Å². The lowest BCUT2D eigenvalue weighted by atomic mass is 10.1. The minimum atomic E-state index is -4.54. The van der Waals surface area contributed by atoms with Crippen molar-refractivity contribution in [1.82, 2.24) is 9.21 Å². The Hall–Kier alpha value is -3.12. The Kier molecular flexibility index (Phi) is 7.22. The lowest BCUT2D eigenvalue weighted by molar-refractivity contribution is -0.148. The summed E-state index contributed by atoms with van der Waals surface area (Å²) in [6.07, 6.45) is -4.54. The van der Waals surface area contributed by atoms with E-state index in [9.17, 15) is 36.3 Å². The molecular weight excluding hydrogens is 477 g/mol. The first-order valence-corrected chi connectivity index (χ1v) is 11.7. The van der Waals surface area contributed by atoms with E-state index >= 15 is 0 Å². The van der Waals surface area contributed by atoms with Gasteiger partial charge in [0, 0.05) is 25.6 Å². The van der Waals surface area contributed by atoms with E-state index in [2.05, 4.69) is 0 Å². The van der Waals surface area contributed by atoms with Crippen molar-refractivity contribution in [3.8, 4) is 5.75 Å². The monoisotopic (exact) mass is 500 g/mol. The fraction of sp³-hybridized carbons (Fsp3) is 0.364. The Morgan fingerprint density at radius 2 is 1.71 bits per heavy atom. The number of nitrogens with zero attached hydrogens (tertiary/aromatic N) is 2. The highest BCUT2D eigenvalue weighted by Gasteiger charge is 2.45. The number of hydrogen-bond donors (Lipinski definition) is 1. The number of ether oxygens (including phenoxy) is 1. The molecule has 0 saturated carbocycles. The average molecular weight is 500 g/mol. The Morgan fingerprint density at radius 3 is 2.26 bits per heavy atom. The molecule has 2 unspecified atom stereocenters. The maximum Gasteiger partial charge on any atom is 0.416 e. The van der Waals surface area contributed by atoms with Gasteiger partial charge in [0.25, 0.3) is 0 Å². The van der Waals surface area contributed by atoms with Crippen LogP contribution in [0.5, 0.6) is 5.75 Å². The molecule has 1 fully saturated rings. The number of alkyl halides is 3. The number of hydrogen-bond acceptors (Lipinski definition) is 5. The summed E-state index contributed by atoms with van der Waals surface area (Å²) in [5, 5.41) is 9.65. The van der Waals surface area contributed by atoms with Gasteiger partial charge in [-0.3, -0.25) is 9.59 Å². The van der Waals surface area contributed by atoms with Crippen LogP contribution in [0.3, 0.4) is 0 Å². The molecule has 0 spiro atoms. The summed E-state index contributed by atoms with van der Waals surface area (Å²) in [6, 6.07) is 7.57. The molecule has 1 amide bonds. The van der Waals surface area contributed by atoms with Gasteiger partial charge in [-0.2, -0.15) is 17.5 Å². The minimum absolute atomic E-state index is 0.0410. The predicted molar refractivity (Wildman–Crippen MR) is 114 cm³/mol. The van der Waals surface area contributed by atoms with Crippen LogP contribution in [0, 0.1) is 0 Å². The smallest absolute Gasteiger partial charge is 0.416 e. The fourth-order valence-corrected chi connectivity index (χ4v) is 5.57. The molecule has 2 aromatic rings. The van der Waals surface area contributed by atoms with Crippen molar-refractivity contribution in [2.45, 2.75) is 43.6 Å². The highest BCUT2D eigenvalue weighted by molar-refractivity contribution is 7.89. The highest BCUT2D eigenvalue weighted by Crippen LogP contribution is 2.32. The molecule has 12 heteroatoms. The quantitative estimate of drug-likeness (QED) is 0.654. The molecule has 1 aliphatic heterocycles. The van der Waals surface area contributed by atoms with Gasteiger partial charge in [-0.25, -0.2) is 8.42 Å². The van der Waals surface area contributed by atoms with Crippen molar-refractivity contribution in [1.29, 1.82) is 0 Å². The molecule has 1 N–H and O–H groups in total. The van der Waals surface area contributed by atoms with E-state index in [1.165, 1.54) is 61.2 Å². The molecular formula is C22H23F3N2O6S. The Labute approximate surface area is 194 Å². The molecule has 184 valence electrons. The van der Waals surface area contributed by atoms with E-state index < -0.39 is 39.8 Å². The number of carboxylic acid groups (broad SMARTS) is 1. The molecule has 0 aromatic heterocycles. The van der Waals surface area contributed by atoms with Gasteiger partial charge in [-0.15, -0.1) is 0 Å². The summed E-state index contributed by atoms with van der Waals surface area (Å²) in [5.74, 6) is -1.60. The van der Waals surface area contributed by atoms with Crippen LogP contribution in [-0.4, -0.2) is 59.8 Å². The largest absolute Gasteiger partial charge is 0.489 e. The first-order valence-electron chi connectivity index (χ1n) is 10.2. The molecule has 1 aliphatic rings. The summed E-state index contributed by atoms with van der Waals surface area (Å²) in [6.45, 7) is 2.21. The van der Waals surface area contributed by atoms with Crippen molar-refractivity contribution in [2.75, 3.05) is 13.1 Å². The molecule has 1 heterocycles. The van der Waals surface area contributed by atoms with Crippen LogP contribution in [0.15, 0.2) is 53.4 Å². The fourth-order valence-electron chi connectivity index (χ4n) is 3.93. The van der Waals surface area contributed by atoms with Crippen molar-refractivity contribution in [2.24, 2.45) is 0 Å². The first-order chi connectivity index (χ1) is 15.8. The number of carbonyl (C=O) groups is 2. The third kappa shape index (κ3) is 5.17. The van der Waals surface area contributed by atoms with E-state index in [1.807, 2.05) is 0 Å². The summed E-state index contributed by atoms with van der Waals surface area (Å²) in [4.78, 5) is 24.7. The van der Waals surface area contributed by atoms with Crippen LogP contribution < -0.4 is 4.74 Å². The number of piperazine rings is 1. The SMILES string of the molecule is CC(=O)N1CCN(S(=O)(=O)c2ccc(OCc3ccccc3C(F)(F)F)cc2)C(C(=O)O)C1C. The minimum Gasteiger partial charge on any atom is -0.489 e. The third-order valence-corrected chi connectivity index (χ3v) is 7.52. The molecule has 0 bridgehead atoms. The second-order valence-corrected chi connectivity index (χ2v) is 9.66. The van der Waals surface area contributed by atoms with E-state index in [-0.39, 0.29) is 41.8 Å². The molecule has 2 aromatic carbocycles. The van der Waals surface area contributed by atoms with Gasteiger partial charge in [-0.1, -0.05) is 18.2 Å². The number of carboxylic acids is 1. The van der Waals surface area contributed by atoms with E-state index in [4.69, 9.17) is 4.74 Å². The van der Waals surface area contributed by atoms with Crippen LogP contribution in [0.25, 0.3) is 0 Å². The first kappa shape index (κ1) is 25.5. The number of halogens is 3. The van der Waals surface area contributed by atoms with Gasteiger partial charge < -0.3 is 14.7 Å². The van der Waals surface area contributed by atoms with E-state index in [0.717, 1.165) is 10.4 Å². The maximum absolute atomic E-state index is 13.2. The van der Waals surface area contributed by atoms with Crippen LogP contribution in [0.4, 0.5) is 13.2 Å². The predicted octanol–water partition coefficient (Wildman–Crippen LogP) is 2.98. The van der Waals surface area contributed by atoms with Crippen molar-refractivity contribution < 1.29 is 41.0 Å². The van der Waals surface area contributed by atoms with E-state index in [0.29, 0.717) is 0 Å². The van der Waals surface area contributed by atoms with Gasteiger partial charge >= 0.3 is 12.1 Å². The third-order valence-electron chi connectivity index (χ3n) is 5.63. The van der Waals surface area contributed by atoms with Crippen LogP contribution in [0.2, 0.25) is 0 Å². The van der Waals surface area contributed by atoms with E-state index in [1.54, 1.807) is 0 Å². The van der Waals surface area contributed by atoms with Gasteiger partial charge in [0.2, 0.25) is 15.9 Å². The molecule has 2 atom stereocenters. The lowest BCUT2D eigenvalue weighted by Crippen LogP contribution is -2.63. The number of carbonyl (C=O) groups excluding carboxylic acids is 1. The highest BCUT2D eigenvalue weighted by atomic mass is 32.2. The molecule has 3 rings (SSSR count). The normalized spacial score (nSPS) is 19.6. The summed E-state index contributed by atoms with van der Waals surface area (Å²) >= 11 is 0. The second kappa shape index (κ2) is 9.63. The zero-order chi connectivity index (χ0) is 25.3. The van der Waals surface area contributed by atoms with Gasteiger partial charge in [0.05, 0.1) is 16.5 Å². The number of aliphatic carboxylic acids is 1. The zero-order valence-corrected chi connectivity index (χ0v) is 19.1. The molecule has 0 aliphatic carbocycles. The molecule has 0 radical (unpaired) electrons. The Balaban J connectivity index is 1.79.